The molecule has 0 saturated heterocycles. The van der Waals surface area contributed by atoms with E-state index in [-0.39, 0.29) is 22.6 Å². The summed E-state index contributed by atoms with van der Waals surface area (Å²) in [6.45, 7) is 0. The summed E-state index contributed by atoms with van der Waals surface area (Å²) in [7, 11) is 1.46. The highest BCUT2D eigenvalue weighted by atomic mass is 35.5. The molecule has 2 N–H and O–H groups in total. The molecule has 3 rings (SSSR count). The van der Waals surface area contributed by atoms with Gasteiger partial charge in [0, 0.05) is 10.6 Å². The Hall–Kier alpha value is -3.45. The van der Waals surface area contributed by atoms with E-state index in [1.807, 2.05) is 24.3 Å². The molecule has 8 heteroatoms. The molecule has 1 heterocycles. The van der Waals surface area contributed by atoms with Gasteiger partial charge in [-0.2, -0.15) is 15.6 Å². The van der Waals surface area contributed by atoms with Crippen LogP contribution in [0.5, 0.6) is 5.75 Å². The lowest BCUT2D eigenvalue weighted by molar-refractivity contribution is 0.414. The van der Waals surface area contributed by atoms with E-state index in [4.69, 9.17) is 33.7 Å². The first-order valence-corrected chi connectivity index (χ1v) is 8.75. The van der Waals surface area contributed by atoms with Gasteiger partial charge in [-0.25, -0.2) is 4.68 Å². The van der Waals surface area contributed by atoms with E-state index in [2.05, 4.69) is 11.2 Å². The van der Waals surface area contributed by atoms with Crippen LogP contribution in [0, 0.1) is 22.7 Å². The van der Waals surface area contributed by atoms with Crippen molar-refractivity contribution >= 4 is 40.7 Å². The van der Waals surface area contributed by atoms with Gasteiger partial charge >= 0.3 is 0 Å². The molecule has 0 saturated carbocycles. The number of benzene rings is 2. The maximum Gasteiger partial charge on any atom is 0.145 e. The maximum absolute atomic E-state index is 9.71. The van der Waals surface area contributed by atoms with Crippen LogP contribution in [0.2, 0.25) is 10.0 Å². The standard InChI is InChI=1S/C20H13Cl2N5O/c1-28-19-12(8-14(21)9-17(19)22)7-13(10-23)18-16(11-24)20(25)27(26-18)15-5-3-2-4-6-15/h2-9H,25H2,1H3. The van der Waals surface area contributed by atoms with Gasteiger partial charge in [0.05, 0.1) is 23.4 Å². The molecule has 6 nitrogen and oxygen atoms in total. The molecule has 138 valence electrons. The fourth-order valence-corrected chi connectivity index (χ4v) is 3.29. The van der Waals surface area contributed by atoms with Gasteiger partial charge in [-0.05, 0) is 30.3 Å². The number of nitrogens with two attached hydrogens (primary N) is 1. The van der Waals surface area contributed by atoms with E-state index < -0.39 is 0 Å². The smallest absolute Gasteiger partial charge is 0.145 e. The van der Waals surface area contributed by atoms with Crippen molar-refractivity contribution < 1.29 is 4.74 Å². The molecule has 0 spiro atoms. The monoisotopic (exact) mass is 409 g/mol. The highest BCUT2D eigenvalue weighted by Crippen LogP contribution is 2.35. The number of para-hydroxylation sites is 1. The Morgan fingerprint density at radius 1 is 1.21 bits per heavy atom. The summed E-state index contributed by atoms with van der Waals surface area (Å²) in [6.07, 6.45) is 1.51. The van der Waals surface area contributed by atoms with E-state index in [9.17, 15) is 10.5 Å². The van der Waals surface area contributed by atoms with Crippen LogP contribution < -0.4 is 10.5 Å². The number of allylic oxidation sites excluding steroid dienone is 1. The summed E-state index contributed by atoms with van der Waals surface area (Å²) in [5.41, 5.74) is 7.64. The molecule has 0 atom stereocenters. The number of ether oxygens (including phenoxy) is 1. The first kappa shape index (κ1) is 19.3. The lowest BCUT2D eigenvalue weighted by Gasteiger charge is -2.08. The number of halogens is 2. The van der Waals surface area contributed by atoms with Gasteiger partial charge in [0.25, 0.3) is 0 Å². The zero-order valence-corrected chi connectivity index (χ0v) is 16.2. The van der Waals surface area contributed by atoms with Crippen LogP contribution in [0.1, 0.15) is 16.8 Å². The van der Waals surface area contributed by atoms with Crippen molar-refractivity contribution in [1.82, 2.24) is 9.78 Å². The van der Waals surface area contributed by atoms with E-state index in [0.717, 1.165) is 0 Å². The number of hydrogen-bond acceptors (Lipinski definition) is 5. The molecule has 0 aliphatic carbocycles. The third-order valence-corrected chi connectivity index (χ3v) is 4.45. The van der Waals surface area contributed by atoms with E-state index >= 15 is 0 Å². The SMILES string of the molecule is COc1c(Cl)cc(Cl)cc1C=C(C#N)c1nn(-c2ccccc2)c(N)c1C#N. The third-order valence-electron chi connectivity index (χ3n) is 3.95. The Morgan fingerprint density at radius 3 is 2.54 bits per heavy atom. The van der Waals surface area contributed by atoms with Gasteiger partial charge in [-0.3, -0.25) is 0 Å². The van der Waals surface area contributed by atoms with E-state index in [1.165, 1.54) is 23.9 Å². The predicted molar refractivity (Wildman–Crippen MR) is 109 cm³/mol. The second-order valence-corrected chi connectivity index (χ2v) is 6.49. The van der Waals surface area contributed by atoms with Crippen molar-refractivity contribution in [2.75, 3.05) is 12.8 Å². The zero-order chi connectivity index (χ0) is 20.3. The van der Waals surface area contributed by atoms with Crippen LogP contribution in [-0.2, 0) is 0 Å². The Labute approximate surface area is 171 Å². The molecule has 0 bridgehead atoms. The predicted octanol–water partition coefficient (Wildman–Crippen LogP) is 4.71. The van der Waals surface area contributed by atoms with Crippen LogP contribution in [0.3, 0.4) is 0 Å². The topological polar surface area (TPSA) is 101 Å². The van der Waals surface area contributed by atoms with Crippen molar-refractivity contribution in [2.24, 2.45) is 0 Å². The first-order valence-electron chi connectivity index (χ1n) is 7.99. The van der Waals surface area contributed by atoms with Crippen molar-refractivity contribution in [2.45, 2.75) is 0 Å². The minimum absolute atomic E-state index is 0.101. The fraction of sp³-hybridized carbons (Fsp3) is 0.0500. The van der Waals surface area contributed by atoms with Crippen LogP contribution >= 0.6 is 23.2 Å². The molecule has 0 unspecified atom stereocenters. The fourth-order valence-electron chi connectivity index (χ4n) is 2.71. The zero-order valence-electron chi connectivity index (χ0n) is 14.6. The number of nitriles is 2. The molecular formula is C20H13Cl2N5O. The molecule has 0 amide bonds. The minimum Gasteiger partial charge on any atom is -0.495 e. The summed E-state index contributed by atoms with van der Waals surface area (Å²) in [4.78, 5) is 0. The molecule has 0 fully saturated rings. The van der Waals surface area contributed by atoms with Crippen molar-refractivity contribution in [3.63, 3.8) is 0 Å². The molecule has 0 radical (unpaired) electrons. The Balaban J connectivity index is 2.22. The molecule has 28 heavy (non-hydrogen) atoms. The van der Waals surface area contributed by atoms with Crippen LogP contribution in [0.25, 0.3) is 17.3 Å². The van der Waals surface area contributed by atoms with Gasteiger partial charge < -0.3 is 10.5 Å². The summed E-state index contributed by atoms with van der Waals surface area (Å²) in [5.74, 6) is 0.494. The van der Waals surface area contributed by atoms with Gasteiger partial charge in [0.2, 0.25) is 0 Å². The minimum atomic E-state index is 0.101. The van der Waals surface area contributed by atoms with Gasteiger partial charge in [-0.15, -0.1) is 0 Å². The lowest BCUT2D eigenvalue weighted by atomic mass is 10.1. The molecule has 1 aromatic heterocycles. The Bertz CT molecular complexity index is 1150. The van der Waals surface area contributed by atoms with Gasteiger partial charge in [0.1, 0.15) is 35.0 Å². The van der Waals surface area contributed by atoms with Crippen LogP contribution in [-0.4, -0.2) is 16.9 Å². The summed E-state index contributed by atoms with van der Waals surface area (Å²) >= 11 is 12.2. The second kappa shape index (κ2) is 8.06. The van der Waals surface area contributed by atoms with Crippen molar-refractivity contribution in [1.29, 1.82) is 10.5 Å². The average Bonchev–Trinajstić information content (AvgIpc) is 3.02. The first-order chi connectivity index (χ1) is 13.5. The van der Waals surface area contributed by atoms with Gasteiger partial charge in [-0.1, -0.05) is 41.4 Å². The highest BCUT2D eigenvalue weighted by Gasteiger charge is 2.20. The number of nitrogens with zero attached hydrogens (tertiary/aromatic N) is 4. The van der Waals surface area contributed by atoms with Crippen molar-refractivity contribution in [3.8, 4) is 23.6 Å². The van der Waals surface area contributed by atoms with Gasteiger partial charge in [0.15, 0.2) is 0 Å². The Kier molecular flexibility index (Phi) is 5.56. The normalized spacial score (nSPS) is 11.0. The number of anilines is 1. The quantitative estimate of drug-likeness (QED) is 0.628. The largest absolute Gasteiger partial charge is 0.495 e. The Morgan fingerprint density at radius 2 is 1.93 bits per heavy atom. The highest BCUT2D eigenvalue weighted by molar-refractivity contribution is 6.36. The van der Waals surface area contributed by atoms with Crippen LogP contribution in [0.15, 0.2) is 42.5 Å². The molecule has 2 aromatic carbocycles. The number of rotatable bonds is 4. The summed E-state index contributed by atoms with van der Waals surface area (Å²) in [5, 5.41) is 24.3. The van der Waals surface area contributed by atoms with E-state index in [0.29, 0.717) is 27.0 Å². The molecular weight excluding hydrogens is 397 g/mol. The summed E-state index contributed by atoms with van der Waals surface area (Å²) in [6, 6.07) is 16.3. The number of methoxy groups -OCH3 is 1. The molecule has 3 aromatic rings. The van der Waals surface area contributed by atoms with E-state index in [1.54, 1.807) is 18.2 Å². The lowest BCUT2D eigenvalue weighted by Crippen LogP contribution is -2.02. The maximum atomic E-state index is 9.71. The average molecular weight is 410 g/mol. The third kappa shape index (κ3) is 3.52. The number of aromatic nitrogens is 2. The summed E-state index contributed by atoms with van der Waals surface area (Å²) < 4.78 is 6.73. The number of nitrogen functional groups attached to an aromatic ring is 1. The molecule has 0 aliphatic rings. The number of hydrogen-bond donors (Lipinski definition) is 1. The van der Waals surface area contributed by atoms with Crippen molar-refractivity contribution in [3.05, 3.63) is 69.3 Å². The molecule has 0 aliphatic heterocycles. The van der Waals surface area contributed by atoms with Crippen LogP contribution in [0.4, 0.5) is 5.82 Å². The second-order valence-electron chi connectivity index (χ2n) is 5.65.